The van der Waals surface area contributed by atoms with Gasteiger partial charge in [-0.15, -0.1) is 5.10 Å². The molecule has 140 valence electrons. The van der Waals surface area contributed by atoms with Gasteiger partial charge in [0, 0.05) is 19.3 Å². The Morgan fingerprint density at radius 2 is 1.78 bits per heavy atom. The first-order valence-corrected chi connectivity index (χ1v) is 10.2. The van der Waals surface area contributed by atoms with Gasteiger partial charge in [0.15, 0.2) is 5.65 Å². The predicted octanol–water partition coefficient (Wildman–Crippen LogP) is 1.97. The smallest absolute Gasteiger partial charge is 0.249 e. The largest absolute Gasteiger partial charge is 0.350 e. The molecule has 7 nitrogen and oxygen atoms in total. The van der Waals surface area contributed by atoms with Gasteiger partial charge in [0.05, 0.1) is 11.4 Å². The van der Waals surface area contributed by atoms with Crippen LogP contribution in [0.1, 0.15) is 24.0 Å². The van der Waals surface area contributed by atoms with Crippen LogP contribution in [0.3, 0.4) is 0 Å². The molecule has 1 aliphatic rings. The molecule has 0 spiro atoms. The van der Waals surface area contributed by atoms with Crippen LogP contribution in [-0.2, 0) is 16.6 Å². The summed E-state index contributed by atoms with van der Waals surface area (Å²) in [4.78, 5) is 12.8. The Balaban J connectivity index is 1.69. The Kier molecular flexibility index (Phi) is 4.45. The third-order valence-electron chi connectivity index (χ3n) is 4.80. The summed E-state index contributed by atoms with van der Waals surface area (Å²) in [5.41, 5.74) is 1.98. The SMILES string of the molecule is C=Cc1ccc(Cn2nc3ccc(S(=O)(=O)N4CCCC4)cn3c2=O)cc1. The van der Waals surface area contributed by atoms with Crippen molar-refractivity contribution in [3.8, 4) is 0 Å². The Labute approximate surface area is 157 Å². The monoisotopic (exact) mass is 384 g/mol. The lowest BCUT2D eigenvalue weighted by molar-refractivity contribution is 0.477. The van der Waals surface area contributed by atoms with Gasteiger partial charge in [0.25, 0.3) is 0 Å². The lowest BCUT2D eigenvalue weighted by atomic mass is 10.1. The number of rotatable bonds is 5. The van der Waals surface area contributed by atoms with E-state index in [1.54, 1.807) is 12.1 Å². The van der Waals surface area contributed by atoms with E-state index in [-0.39, 0.29) is 10.6 Å². The van der Waals surface area contributed by atoms with E-state index in [9.17, 15) is 13.2 Å². The molecule has 0 atom stereocenters. The molecule has 1 fully saturated rings. The Bertz CT molecular complexity index is 1150. The molecule has 0 unspecified atom stereocenters. The van der Waals surface area contributed by atoms with E-state index < -0.39 is 10.0 Å². The summed E-state index contributed by atoms with van der Waals surface area (Å²) >= 11 is 0. The summed E-state index contributed by atoms with van der Waals surface area (Å²) in [6, 6.07) is 10.8. The summed E-state index contributed by atoms with van der Waals surface area (Å²) in [5, 5.41) is 4.31. The minimum Gasteiger partial charge on any atom is -0.249 e. The molecule has 0 radical (unpaired) electrons. The van der Waals surface area contributed by atoms with Crippen molar-refractivity contribution in [3.63, 3.8) is 0 Å². The Hall–Kier alpha value is -2.71. The summed E-state index contributed by atoms with van der Waals surface area (Å²) in [7, 11) is -3.58. The number of hydrogen-bond donors (Lipinski definition) is 0. The quantitative estimate of drug-likeness (QED) is 0.674. The molecule has 0 N–H and O–H groups in total. The average molecular weight is 384 g/mol. The van der Waals surface area contributed by atoms with E-state index in [0.29, 0.717) is 25.3 Å². The van der Waals surface area contributed by atoms with Gasteiger partial charge < -0.3 is 0 Å². The summed E-state index contributed by atoms with van der Waals surface area (Å²) in [5.74, 6) is 0. The summed E-state index contributed by atoms with van der Waals surface area (Å²) in [6.07, 6.45) is 4.85. The lowest BCUT2D eigenvalue weighted by Gasteiger charge is -2.15. The number of aromatic nitrogens is 3. The van der Waals surface area contributed by atoms with Crippen LogP contribution in [0, 0.1) is 0 Å². The van der Waals surface area contributed by atoms with Gasteiger partial charge in [-0.3, -0.25) is 0 Å². The lowest BCUT2D eigenvalue weighted by Crippen LogP contribution is -2.28. The minimum absolute atomic E-state index is 0.119. The van der Waals surface area contributed by atoms with Crippen molar-refractivity contribution in [1.82, 2.24) is 18.5 Å². The normalized spacial score (nSPS) is 15.4. The molecule has 0 amide bonds. The third kappa shape index (κ3) is 3.22. The van der Waals surface area contributed by atoms with Crippen molar-refractivity contribution >= 4 is 21.7 Å². The van der Waals surface area contributed by atoms with Gasteiger partial charge in [0.2, 0.25) is 10.0 Å². The van der Waals surface area contributed by atoms with E-state index in [0.717, 1.165) is 24.0 Å². The van der Waals surface area contributed by atoms with Crippen LogP contribution in [0.4, 0.5) is 0 Å². The molecule has 0 saturated carbocycles. The molecule has 8 heteroatoms. The fourth-order valence-corrected chi connectivity index (χ4v) is 4.78. The topological polar surface area (TPSA) is 76.7 Å². The maximum atomic E-state index is 12.7. The summed E-state index contributed by atoms with van der Waals surface area (Å²) < 4.78 is 29.5. The molecular weight excluding hydrogens is 364 g/mol. The van der Waals surface area contributed by atoms with Crippen LogP contribution >= 0.6 is 0 Å². The van der Waals surface area contributed by atoms with E-state index in [1.807, 2.05) is 24.3 Å². The molecule has 1 aliphatic heterocycles. The second kappa shape index (κ2) is 6.79. The molecule has 1 aromatic carbocycles. The second-order valence-corrected chi connectivity index (χ2v) is 8.53. The van der Waals surface area contributed by atoms with Crippen LogP contribution in [0.2, 0.25) is 0 Å². The number of benzene rings is 1. The zero-order valence-electron chi connectivity index (χ0n) is 14.8. The first kappa shape index (κ1) is 17.7. The second-order valence-electron chi connectivity index (χ2n) is 6.59. The van der Waals surface area contributed by atoms with E-state index in [2.05, 4.69) is 11.7 Å². The maximum absolute atomic E-state index is 12.7. The molecule has 4 rings (SSSR count). The van der Waals surface area contributed by atoms with E-state index in [4.69, 9.17) is 0 Å². The van der Waals surface area contributed by atoms with Crippen molar-refractivity contribution in [1.29, 1.82) is 0 Å². The van der Waals surface area contributed by atoms with Crippen LogP contribution in [0.5, 0.6) is 0 Å². The third-order valence-corrected chi connectivity index (χ3v) is 6.68. The average Bonchev–Trinajstić information content (AvgIpc) is 3.32. The van der Waals surface area contributed by atoms with Crippen LogP contribution in [-0.4, -0.2) is 40.0 Å². The van der Waals surface area contributed by atoms with Crippen molar-refractivity contribution in [3.05, 3.63) is 70.8 Å². The first-order chi connectivity index (χ1) is 13.0. The number of sulfonamides is 1. The van der Waals surface area contributed by atoms with Gasteiger partial charge in [-0.2, -0.15) is 4.31 Å². The number of fused-ring (bicyclic) bond motifs is 1. The predicted molar refractivity (Wildman–Crippen MR) is 103 cm³/mol. The van der Waals surface area contributed by atoms with Crippen molar-refractivity contribution in [2.75, 3.05) is 13.1 Å². The minimum atomic E-state index is -3.58. The fourth-order valence-electron chi connectivity index (χ4n) is 3.26. The number of nitrogens with zero attached hydrogens (tertiary/aromatic N) is 4. The molecule has 2 aromatic heterocycles. The van der Waals surface area contributed by atoms with E-state index >= 15 is 0 Å². The highest BCUT2D eigenvalue weighted by Crippen LogP contribution is 2.20. The molecule has 0 aliphatic carbocycles. The molecular formula is C19H20N4O3S. The van der Waals surface area contributed by atoms with Gasteiger partial charge >= 0.3 is 5.69 Å². The number of hydrogen-bond acceptors (Lipinski definition) is 4. The Morgan fingerprint density at radius 1 is 1.07 bits per heavy atom. The molecule has 3 aromatic rings. The van der Waals surface area contributed by atoms with Crippen molar-refractivity contribution < 1.29 is 8.42 Å². The highest BCUT2D eigenvalue weighted by molar-refractivity contribution is 7.89. The Morgan fingerprint density at radius 3 is 2.44 bits per heavy atom. The van der Waals surface area contributed by atoms with Gasteiger partial charge in [-0.1, -0.05) is 36.9 Å². The molecule has 0 bridgehead atoms. The fraction of sp³-hybridized carbons (Fsp3) is 0.263. The van der Waals surface area contributed by atoms with Crippen LogP contribution < -0.4 is 5.69 Å². The van der Waals surface area contributed by atoms with Crippen LogP contribution in [0.15, 0.2) is 58.9 Å². The summed E-state index contributed by atoms with van der Waals surface area (Å²) in [6.45, 7) is 5.08. The standard InChI is InChI=1S/C19H20N4O3S/c1-2-15-5-7-16(8-6-15)13-23-19(24)22-14-17(9-10-18(22)20-23)27(25,26)21-11-3-4-12-21/h2,5-10,14H,1,3-4,11-13H2. The van der Waals surface area contributed by atoms with Crippen molar-refractivity contribution in [2.45, 2.75) is 24.3 Å². The highest BCUT2D eigenvalue weighted by atomic mass is 32.2. The van der Waals surface area contributed by atoms with Crippen molar-refractivity contribution in [2.24, 2.45) is 0 Å². The maximum Gasteiger partial charge on any atom is 0.350 e. The van der Waals surface area contributed by atoms with Gasteiger partial charge in [-0.05, 0) is 36.1 Å². The molecule has 27 heavy (non-hydrogen) atoms. The zero-order valence-corrected chi connectivity index (χ0v) is 15.6. The molecule has 1 saturated heterocycles. The zero-order chi connectivity index (χ0) is 19.0. The highest BCUT2D eigenvalue weighted by Gasteiger charge is 2.27. The first-order valence-electron chi connectivity index (χ1n) is 8.80. The number of pyridine rings is 1. The van der Waals surface area contributed by atoms with Crippen LogP contribution in [0.25, 0.3) is 11.7 Å². The van der Waals surface area contributed by atoms with Gasteiger partial charge in [-0.25, -0.2) is 22.3 Å². The molecule has 3 heterocycles. The van der Waals surface area contributed by atoms with E-state index in [1.165, 1.54) is 25.7 Å². The van der Waals surface area contributed by atoms with Gasteiger partial charge in [0.1, 0.15) is 0 Å².